The molecule has 0 aliphatic heterocycles. The SMILES string of the molecule is Cc1ccc(S(=O)(=O)[N-]S(=O)(=O)c2ccc(F)cc2)cc1.[Na+]. The van der Waals surface area contributed by atoms with Crippen LogP contribution in [0.25, 0.3) is 4.13 Å². The summed E-state index contributed by atoms with van der Waals surface area (Å²) < 4.78 is 63.6. The van der Waals surface area contributed by atoms with Gasteiger partial charge in [-0.1, -0.05) is 17.7 Å². The van der Waals surface area contributed by atoms with Crippen molar-refractivity contribution in [2.45, 2.75) is 16.7 Å². The second kappa shape index (κ2) is 7.20. The van der Waals surface area contributed by atoms with Crippen LogP contribution in [0.15, 0.2) is 58.3 Å². The second-order valence-electron chi connectivity index (χ2n) is 4.29. The van der Waals surface area contributed by atoms with E-state index >= 15 is 0 Å². The van der Waals surface area contributed by atoms with Crippen molar-refractivity contribution in [3.8, 4) is 0 Å². The van der Waals surface area contributed by atoms with Gasteiger partial charge < -0.3 is 4.13 Å². The summed E-state index contributed by atoms with van der Waals surface area (Å²) in [5.74, 6) is -0.629. The standard InChI is InChI=1S/C13H11FNO4S2.Na/c1-10-2-6-12(7-3-10)20(16,17)15-21(18,19)13-8-4-11(14)5-9-13;/h2-9H,1H3;/q-1;+1. The van der Waals surface area contributed by atoms with Crippen LogP contribution in [0.5, 0.6) is 0 Å². The van der Waals surface area contributed by atoms with E-state index in [1.165, 1.54) is 24.3 Å². The Morgan fingerprint density at radius 2 is 1.14 bits per heavy atom. The second-order valence-corrected chi connectivity index (χ2v) is 7.73. The van der Waals surface area contributed by atoms with E-state index in [1.807, 2.05) is 0 Å². The minimum absolute atomic E-state index is 0. The van der Waals surface area contributed by atoms with E-state index in [-0.39, 0.29) is 39.3 Å². The fourth-order valence-electron chi connectivity index (χ4n) is 1.53. The molecular weight excluding hydrogens is 340 g/mol. The molecule has 0 spiro atoms. The summed E-state index contributed by atoms with van der Waals surface area (Å²) in [4.78, 5) is -0.613. The van der Waals surface area contributed by atoms with E-state index in [0.717, 1.165) is 29.8 Å². The molecule has 5 nitrogen and oxygen atoms in total. The molecule has 0 saturated carbocycles. The van der Waals surface area contributed by atoms with Gasteiger partial charge in [-0.25, -0.2) is 21.2 Å². The van der Waals surface area contributed by atoms with Crippen LogP contribution >= 0.6 is 0 Å². The fourth-order valence-corrected chi connectivity index (χ4v) is 4.21. The first-order valence-corrected chi connectivity index (χ1v) is 8.65. The van der Waals surface area contributed by atoms with Gasteiger partial charge >= 0.3 is 29.6 Å². The summed E-state index contributed by atoms with van der Waals surface area (Å²) >= 11 is 0. The van der Waals surface area contributed by atoms with Gasteiger partial charge in [-0.05, 0) is 43.3 Å². The monoisotopic (exact) mass is 351 g/mol. The molecule has 0 heterocycles. The third-order valence-electron chi connectivity index (χ3n) is 2.63. The molecule has 0 amide bonds. The maximum absolute atomic E-state index is 12.8. The van der Waals surface area contributed by atoms with Crippen LogP contribution < -0.4 is 29.6 Å². The molecule has 0 fully saturated rings. The zero-order chi connectivity index (χ0) is 15.7. The van der Waals surface area contributed by atoms with Crippen molar-refractivity contribution in [1.29, 1.82) is 0 Å². The van der Waals surface area contributed by atoms with Crippen molar-refractivity contribution in [3.05, 3.63) is 64.0 Å². The molecule has 9 heteroatoms. The predicted molar refractivity (Wildman–Crippen MR) is 75.3 cm³/mol. The number of hydrogen-bond donors (Lipinski definition) is 0. The Bertz CT molecular complexity index is 774. The summed E-state index contributed by atoms with van der Waals surface area (Å²) in [5.41, 5.74) is 0.829. The van der Waals surface area contributed by atoms with Gasteiger partial charge in [0.05, 0.1) is 0 Å². The Morgan fingerprint density at radius 1 is 0.773 bits per heavy atom. The van der Waals surface area contributed by atoms with E-state index in [1.54, 1.807) is 6.92 Å². The number of benzene rings is 2. The smallest absolute Gasteiger partial charge is 0.428 e. The fraction of sp³-hybridized carbons (Fsp3) is 0.0769. The number of hydrogen-bond acceptors (Lipinski definition) is 4. The molecule has 0 atom stereocenters. The van der Waals surface area contributed by atoms with Gasteiger partial charge in [-0.15, -0.1) is 0 Å². The Hall–Kier alpha value is -0.770. The molecule has 2 aromatic rings. The van der Waals surface area contributed by atoms with Gasteiger partial charge in [-0.2, -0.15) is 0 Å². The Morgan fingerprint density at radius 3 is 1.55 bits per heavy atom. The number of halogens is 1. The minimum Gasteiger partial charge on any atom is -0.428 e. The van der Waals surface area contributed by atoms with Gasteiger partial charge in [-0.3, -0.25) is 0 Å². The molecule has 0 aromatic heterocycles. The van der Waals surface area contributed by atoms with E-state index < -0.39 is 25.9 Å². The third-order valence-corrected chi connectivity index (χ3v) is 5.93. The van der Waals surface area contributed by atoms with Gasteiger partial charge in [0.15, 0.2) is 0 Å². The van der Waals surface area contributed by atoms with Gasteiger partial charge in [0.2, 0.25) is 0 Å². The first kappa shape index (κ1) is 19.3. The molecule has 0 saturated heterocycles. The van der Waals surface area contributed by atoms with E-state index in [4.69, 9.17) is 0 Å². The number of aryl methyl sites for hydroxylation is 1. The molecule has 0 unspecified atom stereocenters. The Balaban J connectivity index is 0.00000242. The van der Waals surface area contributed by atoms with Crippen LogP contribution in [0.2, 0.25) is 0 Å². The van der Waals surface area contributed by atoms with Crippen LogP contribution in [-0.4, -0.2) is 16.8 Å². The summed E-state index contributed by atoms with van der Waals surface area (Å²) in [6.07, 6.45) is 0. The molecule has 2 aromatic carbocycles. The molecule has 112 valence electrons. The zero-order valence-electron chi connectivity index (χ0n) is 11.9. The maximum Gasteiger partial charge on any atom is 1.00 e. The van der Waals surface area contributed by atoms with Crippen LogP contribution in [0.3, 0.4) is 0 Å². The van der Waals surface area contributed by atoms with Gasteiger partial charge in [0.1, 0.15) is 25.9 Å². The van der Waals surface area contributed by atoms with Crippen LogP contribution in [0, 0.1) is 12.7 Å². The molecule has 0 N–H and O–H groups in total. The Kier molecular flexibility index (Phi) is 6.31. The summed E-state index contributed by atoms with van der Waals surface area (Å²) in [7, 11) is -8.77. The number of nitrogens with zero attached hydrogens (tertiary/aromatic N) is 1. The molecule has 0 aliphatic carbocycles. The van der Waals surface area contributed by atoms with Crippen molar-refractivity contribution in [2.24, 2.45) is 0 Å². The molecule has 0 bridgehead atoms. The van der Waals surface area contributed by atoms with E-state index in [0.29, 0.717) is 0 Å². The average Bonchev–Trinajstić information content (AvgIpc) is 2.38. The predicted octanol–water partition coefficient (Wildman–Crippen LogP) is -0.411. The topological polar surface area (TPSA) is 82.4 Å². The molecular formula is C13H11FNNaO4S2. The van der Waals surface area contributed by atoms with Crippen molar-refractivity contribution < 1.29 is 50.8 Å². The minimum atomic E-state index is -4.42. The largest absolute Gasteiger partial charge is 1.00 e. The molecule has 2 rings (SSSR count). The normalized spacial score (nSPS) is 11.7. The summed E-state index contributed by atoms with van der Waals surface area (Å²) in [6, 6.07) is 9.36. The zero-order valence-corrected chi connectivity index (χ0v) is 15.5. The number of sulfonamides is 2. The molecule has 0 radical (unpaired) electrons. The first-order valence-electron chi connectivity index (χ1n) is 5.77. The number of rotatable bonds is 4. The maximum atomic E-state index is 12.8. The molecule has 22 heavy (non-hydrogen) atoms. The molecule has 0 aliphatic rings. The first-order chi connectivity index (χ1) is 9.71. The van der Waals surface area contributed by atoms with E-state index in [9.17, 15) is 21.2 Å². The van der Waals surface area contributed by atoms with Gasteiger partial charge in [0, 0.05) is 9.79 Å². The van der Waals surface area contributed by atoms with Crippen LogP contribution in [0.1, 0.15) is 5.56 Å². The van der Waals surface area contributed by atoms with Crippen LogP contribution in [-0.2, 0) is 20.0 Å². The van der Waals surface area contributed by atoms with E-state index in [2.05, 4.69) is 4.13 Å². The quantitative estimate of drug-likeness (QED) is 0.701. The average molecular weight is 351 g/mol. The summed E-state index contributed by atoms with van der Waals surface area (Å²) in [6.45, 7) is 1.77. The van der Waals surface area contributed by atoms with Crippen molar-refractivity contribution in [2.75, 3.05) is 0 Å². The van der Waals surface area contributed by atoms with Gasteiger partial charge in [0.25, 0.3) is 0 Å². The van der Waals surface area contributed by atoms with Crippen LogP contribution in [0.4, 0.5) is 4.39 Å². The van der Waals surface area contributed by atoms with Crippen molar-refractivity contribution >= 4 is 20.0 Å². The third kappa shape index (κ3) is 4.61. The summed E-state index contributed by atoms with van der Waals surface area (Å²) in [5, 5.41) is 0. The van der Waals surface area contributed by atoms with Crippen molar-refractivity contribution in [3.63, 3.8) is 0 Å². The Labute approximate surface area is 151 Å². The van der Waals surface area contributed by atoms with Crippen molar-refractivity contribution in [1.82, 2.24) is 0 Å².